The van der Waals surface area contributed by atoms with Crippen molar-refractivity contribution in [3.05, 3.63) is 0 Å². The van der Waals surface area contributed by atoms with E-state index < -0.39 is 0 Å². The first-order valence-corrected chi connectivity index (χ1v) is 4.93. The molecule has 0 radical (unpaired) electrons. The van der Waals surface area contributed by atoms with Crippen LogP contribution in [0.5, 0.6) is 0 Å². The van der Waals surface area contributed by atoms with Crippen molar-refractivity contribution in [3.63, 3.8) is 0 Å². The van der Waals surface area contributed by atoms with Crippen molar-refractivity contribution in [3.8, 4) is 18.4 Å². The van der Waals surface area contributed by atoms with E-state index in [1.165, 1.54) is 0 Å². The quantitative estimate of drug-likeness (QED) is 0.640. The zero-order chi connectivity index (χ0) is 11.7. The molecule has 0 saturated heterocycles. The van der Waals surface area contributed by atoms with E-state index in [0.717, 1.165) is 0 Å². The maximum Gasteiger partial charge on any atom is 0.234 e. The highest BCUT2D eigenvalue weighted by atomic mass is 16.2. The summed E-state index contributed by atoms with van der Waals surface area (Å²) >= 11 is 0. The van der Waals surface area contributed by atoms with Crippen LogP contribution >= 0.6 is 0 Å². The normalized spacial score (nSPS) is 9.73. The number of nitriles is 1. The molecule has 0 aliphatic rings. The average molecular weight is 207 g/mol. The van der Waals surface area contributed by atoms with E-state index >= 15 is 0 Å². The van der Waals surface area contributed by atoms with Crippen LogP contribution in [0.25, 0.3) is 0 Å². The SMILES string of the molecule is C#CCNC(=O)CN(CCC#N)C(C)C. The Bertz CT molecular complexity index is 273. The minimum atomic E-state index is -0.0976. The maximum absolute atomic E-state index is 11.3. The van der Waals surface area contributed by atoms with Crippen LogP contribution in [-0.2, 0) is 4.79 Å². The third-order valence-corrected chi connectivity index (χ3v) is 1.98. The molecular formula is C11H17N3O. The van der Waals surface area contributed by atoms with Crippen molar-refractivity contribution < 1.29 is 4.79 Å². The Kier molecular flexibility index (Phi) is 7.05. The summed E-state index contributed by atoms with van der Waals surface area (Å²) in [5.41, 5.74) is 0. The van der Waals surface area contributed by atoms with Gasteiger partial charge in [0, 0.05) is 19.0 Å². The molecular weight excluding hydrogens is 190 g/mol. The van der Waals surface area contributed by atoms with Crippen molar-refractivity contribution in [1.29, 1.82) is 5.26 Å². The molecule has 4 heteroatoms. The van der Waals surface area contributed by atoms with E-state index in [4.69, 9.17) is 11.7 Å². The molecule has 4 nitrogen and oxygen atoms in total. The van der Waals surface area contributed by atoms with Gasteiger partial charge in [-0.25, -0.2) is 0 Å². The second kappa shape index (κ2) is 7.84. The predicted octanol–water partition coefficient (Wildman–Crippen LogP) is 0.360. The number of amides is 1. The smallest absolute Gasteiger partial charge is 0.234 e. The molecule has 0 saturated carbocycles. The van der Waals surface area contributed by atoms with Crippen LogP contribution in [0.2, 0.25) is 0 Å². The maximum atomic E-state index is 11.3. The summed E-state index contributed by atoms with van der Waals surface area (Å²) in [6.07, 6.45) is 5.46. The van der Waals surface area contributed by atoms with E-state index in [1.807, 2.05) is 18.7 Å². The summed E-state index contributed by atoms with van der Waals surface area (Å²) in [6, 6.07) is 2.31. The van der Waals surface area contributed by atoms with Gasteiger partial charge >= 0.3 is 0 Å². The summed E-state index contributed by atoms with van der Waals surface area (Å²) in [5.74, 6) is 2.24. The molecule has 0 heterocycles. The number of carbonyl (C=O) groups is 1. The minimum absolute atomic E-state index is 0.0976. The second-order valence-electron chi connectivity index (χ2n) is 3.45. The summed E-state index contributed by atoms with van der Waals surface area (Å²) in [4.78, 5) is 13.3. The highest BCUT2D eigenvalue weighted by Gasteiger charge is 2.12. The minimum Gasteiger partial charge on any atom is -0.344 e. The number of carbonyl (C=O) groups excluding carboxylic acids is 1. The first-order chi connectivity index (χ1) is 7.11. The van der Waals surface area contributed by atoms with Gasteiger partial charge in [-0.1, -0.05) is 5.92 Å². The number of hydrogen-bond acceptors (Lipinski definition) is 3. The molecule has 82 valence electrons. The Labute approximate surface area is 91.3 Å². The molecule has 0 rings (SSSR count). The molecule has 0 aliphatic carbocycles. The predicted molar refractivity (Wildman–Crippen MR) is 58.8 cm³/mol. The molecule has 0 fully saturated rings. The number of terminal acetylenes is 1. The Balaban J connectivity index is 4.00. The van der Waals surface area contributed by atoms with Crippen molar-refractivity contribution in [2.75, 3.05) is 19.6 Å². The van der Waals surface area contributed by atoms with Crippen LogP contribution < -0.4 is 5.32 Å². The first kappa shape index (κ1) is 13.5. The summed E-state index contributed by atoms with van der Waals surface area (Å²) in [7, 11) is 0. The lowest BCUT2D eigenvalue weighted by Gasteiger charge is -2.24. The Morgan fingerprint density at radius 1 is 1.60 bits per heavy atom. The number of rotatable bonds is 6. The summed E-state index contributed by atoms with van der Waals surface area (Å²) < 4.78 is 0. The standard InChI is InChI=1S/C11H17N3O/c1-4-7-13-11(15)9-14(10(2)3)8-5-6-12/h1,10H,5,7-9H2,2-3H3,(H,13,15). The second-order valence-corrected chi connectivity index (χ2v) is 3.45. The van der Waals surface area contributed by atoms with Crippen molar-refractivity contribution in [2.24, 2.45) is 0 Å². The molecule has 0 unspecified atom stereocenters. The number of hydrogen-bond donors (Lipinski definition) is 1. The highest BCUT2D eigenvalue weighted by Crippen LogP contribution is 1.98. The zero-order valence-electron chi connectivity index (χ0n) is 9.29. The monoisotopic (exact) mass is 207 g/mol. The largest absolute Gasteiger partial charge is 0.344 e. The van der Waals surface area contributed by atoms with E-state index in [2.05, 4.69) is 17.3 Å². The van der Waals surface area contributed by atoms with Gasteiger partial charge in [0.25, 0.3) is 0 Å². The summed E-state index contributed by atoms with van der Waals surface area (Å²) in [5, 5.41) is 11.1. The van der Waals surface area contributed by atoms with Gasteiger partial charge in [-0.15, -0.1) is 6.42 Å². The first-order valence-electron chi connectivity index (χ1n) is 4.93. The molecule has 1 amide bonds. The molecule has 0 atom stereocenters. The van der Waals surface area contributed by atoms with E-state index in [1.54, 1.807) is 0 Å². The molecule has 0 spiro atoms. The van der Waals surface area contributed by atoms with E-state index in [0.29, 0.717) is 19.5 Å². The molecule has 0 aromatic rings. The fourth-order valence-electron chi connectivity index (χ4n) is 1.10. The zero-order valence-corrected chi connectivity index (χ0v) is 9.29. The number of nitrogens with zero attached hydrogens (tertiary/aromatic N) is 2. The van der Waals surface area contributed by atoms with Gasteiger partial charge in [-0.2, -0.15) is 5.26 Å². The lowest BCUT2D eigenvalue weighted by Crippen LogP contribution is -2.41. The summed E-state index contributed by atoms with van der Waals surface area (Å²) in [6.45, 7) is 5.14. The molecule has 0 aromatic heterocycles. The van der Waals surface area contributed by atoms with Crippen LogP contribution in [0.1, 0.15) is 20.3 Å². The van der Waals surface area contributed by atoms with Crippen molar-refractivity contribution in [2.45, 2.75) is 26.3 Å². The molecule has 0 aromatic carbocycles. The lowest BCUT2D eigenvalue weighted by atomic mass is 10.3. The van der Waals surface area contributed by atoms with Crippen molar-refractivity contribution >= 4 is 5.91 Å². The average Bonchev–Trinajstić information content (AvgIpc) is 2.20. The van der Waals surface area contributed by atoms with E-state index in [-0.39, 0.29) is 18.5 Å². The van der Waals surface area contributed by atoms with Crippen LogP contribution in [-0.4, -0.2) is 36.5 Å². The molecule has 0 bridgehead atoms. The van der Waals surface area contributed by atoms with Gasteiger partial charge in [-0.3, -0.25) is 9.69 Å². The lowest BCUT2D eigenvalue weighted by molar-refractivity contribution is -0.122. The molecule has 0 aliphatic heterocycles. The molecule has 15 heavy (non-hydrogen) atoms. The van der Waals surface area contributed by atoms with Gasteiger partial charge in [0.05, 0.1) is 19.2 Å². The van der Waals surface area contributed by atoms with Crippen LogP contribution in [0.3, 0.4) is 0 Å². The fraction of sp³-hybridized carbons (Fsp3) is 0.636. The molecule has 1 N–H and O–H groups in total. The number of nitrogens with one attached hydrogen (secondary N) is 1. The third-order valence-electron chi connectivity index (χ3n) is 1.98. The van der Waals surface area contributed by atoms with Gasteiger partial charge in [-0.05, 0) is 13.8 Å². The van der Waals surface area contributed by atoms with Crippen LogP contribution in [0, 0.1) is 23.7 Å². The van der Waals surface area contributed by atoms with Crippen molar-refractivity contribution in [1.82, 2.24) is 10.2 Å². The third kappa shape index (κ3) is 6.54. The van der Waals surface area contributed by atoms with E-state index in [9.17, 15) is 4.79 Å². The Hall–Kier alpha value is -1.52. The van der Waals surface area contributed by atoms with Crippen LogP contribution in [0.15, 0.2) is 0 Å². The van der Waals surface area contributed by atoms with Gasteiger partial charge in [0.15, 0.2) is 0 Å². The van der Waals surface area contributed by atoms with Gasteiger partial charge in [0.2, 0.25) is 5.91 Å². The van der Waals surface area contributed by atoms with Gasteiger partial charge in [0.1, 0.15) is 0 Å². The topological polar surface area (TPSA) is 56.1 Å². The Morgan fingerprint density at radius 3 is 2.73 bits per heavy atom. The fourth-order valence-corrected chi connectivity index (χ4v) is 1.10. The highest BCUT2D eigenvalue weighted by molar-refractivity contribution is 5.78. The Morgan fingerprint density at radius 2 is 2.27 bits per heavy atom. The van der Waals surface area contributed by atoms with Gasteiger partial charge < -0.3 is 5.32 Å². The van der Waals surface area contributed by atoms with Crippen LogP contribution in [0.4, 0.5) is 0 Å².